The molecule has 2 nitrogen and oxygen atoms in total. The van der Waals surface area contributed by atoms with Crippen LogP contribution < -0.4 is 10.5 Å². The van der Waals surface area contributed by atoms with Gasteiger partial charge in [-0.3, -0.25) is 0 Å². The number of halogens is 1. The van der Waals surface area contributed by atoms with Crippen molar-refractivity contribution < 1.29 is 9.13 Å². The molecule has 0 heterocycles. The highest BCUT2D eigenvalue weighted by Crippen LogP contribution is 2.30. The molecule has 1 unspecified atom stereocenters. The summed E-state index contributed by atoms with van der Waals surface area (Å²) in [5, 5.41) is 0. The predicted molar refractivity (Wildman–Crippen MR) is 85.0 cm³/mol. The second-order valence-corrected chi connectivity index (χ2v) is 6.34. The van der Waals surface area contributed by atoms with E-state index in [0.717, 1.165) is 30.7 Å². The molecule has 0 aromatic heterocycles. The van der Waals surface area contributed by atoms with Gasteiger partial charge in [0.25, 0.3) is 0 Å². The Morgan fingerprint density at radius 3 is 2.52 bits per heavy atom. The SMILES string of the molecule is CCC(N)Cc1cc(F)cc(OC2CCC(CC)CC2)c1. The summed E-state index contributed by atoms with van der Waals surface area (Å²) in [6.45, 7) is 4.30. The first-order valence-electron chi connectivity index (χ1n) is 8.32. The molecule has 1 aliphatic carbocycles. The third-order valence-corrected chi connectivity index (χ3v) is 4.63. The Labute approximate surface area is 127 Å². The van der Waals surface area contributed by atoms with Gasteiger partial charge >= 0.3 is 0 Å². The predicted octanol–water partition coefficient (Wildman–Crippen LogP) is 4.45. The van der Waals surface area contributed by atoms with Gasteiger partial charge in [0.05, 0.1) is 6.10 Å². The van der Waals surface area contributed by atoms with E-state index in [2.05, 4.69) is 6.92 Å². The van der Waals surface area contributed by atoms with Gasteiger partial charge in [0, 0.05) is 12.1 Å². The summed E-state index contributed by atoms with van der Waals surface area (Å²) in [6.07, 6.45) is 7.71. The van der Waals surface area contributed by atoms with E-state index in [0.29, 0.717) is 12.2 Å². The second kappa shape index (κ2) is 7.79. The summed E-state index contributed by atoms with van der Waals surface area (Å²) in [5.74, 6) is 1.27. The molecule has 0 spiro atoms. The fourth-order valence-electron chi connectivity index (χ4n) is 3.10. The van der Waals surface area contributed by atoms with Crippen molar-refractivity contribution in [2.45, 2.75) is 70.9 Å². The first-order chi connectivity index (χ1) is 10.1. The molecule has 2 rings (SSSR count). The van der Waals surface area contributed by atoms with Crippen LogP contribution in [0.1, 0.15) is 57.9 Å². The highest BCUT2D eigenvalue weighted by Gasteiger charge is 2.21. The lowest BCUT2D eigenvalue weighted by molar-refractivity contribution is 0.129. The zero-order valence-corrected chi connectivity index (χ0v) is 13.3. The van der Waals surface area contributed by atoms with Crippen molar-refractivity contribution in [3.63, 3.8) is 0 Å². The van der Waals surface area contributed by atoms with Crippen LogP contribution in [-0.4, -0.2) is 12.1 Å². The van der Waals surface area contributed by atoms with Crippen molar-refractivity contribution in [2.24, 2.45) is 11.7 Å². The molecule has 2 N–H and O–H groups in total. The van der Waals surface area contributed by atoms with Crippen molar-refractivity contribution in [1.29, 1.82) is 0 Å². The van der Waals surface area contributed by atoms with E-state index < -0.39 is 0 Å². The first kappa shape index (κ1) is 16.3. The minimum absolute atomic E-state index is 0.0830. The van der Waals surface area contributed by atoms with E-state index in [-0.39, 0.29) is 18.0 Å². The molecule has 0 saturated heterocycles. The Bertz CT molecular complexity index is 441. The molecular formula is C18H28FNO. The standard InChI is InChI=1S/C18H28FNO/c1-3-13-5-7-17(8-6-13)21-18-11-14(9-15(19)12-18)10-16(20)4-2/h9,11-13,16-17H,3-8,10,20H2,1-2H3. The van der Waals surface area contributed by atoms with Gasteiger partial charge in [-0.25, -0.2) is 4.39 Å². The monoisotopic (exact) mass is 293 g/mol. The molecule has 1 saturated carbocycles. The van der Waals surface area contributed by atoms with Crippen LogP contribution in [0.2, 0.25) is 0 Å². The van der Waals surface area contributed by atoms with Gasteiger partial charge in [0.15, 0.2) is 0 Å². The van der Waals surface area contributed by atoms with Crippen LogP contribution in [0.25, 0.3) is 0 Å². The number of hydrogen-bond acceptors (Lipinski definition) is 2. The Morgan fingerprint density at radius 2 is 1.90 bits per heavy atom. The zero-order valence-electron chi connectivity index (χ0n) is 13.3. The Morgan fingerprint density at radius 1 is 1.19 bits per heavy atom. The van der Waals surface area contributed by atoms with Crippen molar-refractivity contribution in [1.82, 2.24) is 0 Å². The molecule has 0 aliphatic heterocycles. The third-order valence-electron chi connectivity index (χ3n) is 4.63. The van der Waals surface area contributed by atoms with Crippen LogP contribution in [0.4, 0.5) is 4.39 Å². The average Bonchev–Trinajstić information content (AvgIpc) is 2.47. The number of ether oxygens (including phenoxy) is 1. The van der Waals surface area contributed by atoms with Crippen molar-refractivity contribution >= 4 is 0 Å². The molecule has 1 aliphatic rings. The van der Waals surface area contributed by atoms with Crippen LogP contribution in [0.5, 0.6) is 5.75 Å². The molecule has 1 aromatic carbocycles. The normalized spacial score (nSPS) is 23.8. The minimum atomic E-state index is -0.229. The van der Waals surface area contributed by atoms with E-state index in [4.69, 9.17) is 10.5 Å². The third kappa shape index (κ3) is 4.99. The number of benzene rings is 1. The second-order valence-electron chi connectivity index (χ2n) is 6.34. The van der Waals surface area contributed by atoms with Crippen molar-refractivity contribution in [3.8, 4) is 5.75 Å². The van der Waals surface area contributed by atoms with E-state index in [1.54, 1.807) is 6.07 Å². The van der Waals surface area contributed by atoms with Gasteiger partial charge in [-0.1, -0.05) is 20.3 Å². The van der Waals surface area contributed by atoms with Crippen LogP contribution in [0, 0.1) is 11.7 Å². The summed E-state index contributed by atoms with van der Waals surface area (Å²) in [5.41, 5.74) is 6.89. The maximum absolute atomic E-state index is 13.7. The zero-order chi connectivity index (χ0) is 15.2. The molecule has 3 heteroatoms. The van der Waals surface area contributed by atoms with Gasteiger partial charge in [-0.15, -0.1) is 0 Å². The molecule has 118 valence electrons. The Balaban J connectivity index is 1.96. The van der Waals surface area contributed by atoms with Crippen LogP contribution in [0.15, 0.2) is 18.2 Å². The summed E-state index contributed by atoms with van der Waals surface area (Å²) < 4.78 is 19.7. The van der Waals surface area contributed by atoms with E-state index >= 15 is 0 Å². The van der Waals surface area contributed by atoms with Gasteiger partial charge in [0.1, 0.15) is 11.6 Å². The lowest BCUT2D eigenvalue weighted by atomic mass is 9.86. The smallest absolute Gasteiger partial charge is 0.127 e. The van der Waals surface area contributed by atoms with Crippen molar-refractivity contribution in [3.05, 3.63) is 29.6 Å². The van der Waals surface area contributed by atoms with E-state index in [9.17, 15) is 4.39 Å². The highest BCUT2D eigenvalue weighted by atomic mass is 19.1. The average molecular weight is 293 g/mol. The lowest BCUT2D eigenvalue weighted by Gasteiger charge is -2.28. The minimum Gasteiger partial charge on any atom is -0.490 e. The van der Waals surface area contributed by atoms with Crippen LogP contribution in [0.3, 0.4) is 0 Å². The van der Waals surface area contributed by atoms with Gasteiger partial charge in [0.2, 0.25) is 0 Å². The van der Waals surface area contributed by atoms with E-state index in [1.807, 2.05) is 13.0 Å². The van der Waals surface area contributed by atoms with Crippen LogP contribution >= 0.6 is 0 Å². The molecule has 1 atom stereocenters. The summed E-state index contributed by atoms with van der Waals surface area (Å²) in [4.78, 5) is 0. The Kier molecular flexibility index (Phi) is 6.04. The Hall–Kier alpha value is -1.09. The molecule has 21 heavy (non-hydrogen) atoms. The van der Waals surface area contributed by atoms with Gasteiger partial charge in [-0.2, -0.15) is 0 Å². The van der Waals surface area contributed by atoms with Crippen molar-refractivity contribution in [2.75, 3.05) is 0 Å². The number of nitrogens with two attached hydrogens (primary N) is 1. The lowest BCUT2D eigenvalue weighted by Crippen LogP contribution is -2.24. The molecule has 0 amide bonds. The maximum atomic E-state index is 13.7. The summed E-state index contributed by atoms with van der Waals surface area (Å²) in [7, 11) is 0. The van der Waals surface area contributed by atoms with Gasteiger partial charge in [-0.05, 0) is 62.1 Å². The first-order valence-corrected chi connectivity index (χ1v) is 8.32. The molecule has 0 bridgehead atoms. The topological polar surface area (TPSA) is 35.2 Å². The number of hydrogen-bond donors (Lipinski definition) is 1. The fourth-order valence-corrected chi connectivity index (χ4v) is 3.10. The summed E-state index contributed by atoms with van der Waals surface area (Å²) >= 11 is 0. The summed E-state index contributed by atoms with van der Waals surface area (Å²) in [6, 6.07) is 5.09. The molecular weight excluding hydrogens is 265 g/mol. The maximum Gasteiger partial charge on any atom is 0.127 e. The molecule has 0 radical (unpaired) electrons. The highest BCUT2D eigenvalue weighted by molar-refractivity contribution is 5.30. The molecule has 1 aromatic rings. The fraction of sp³-hybridized carbons (Fsp3) is 0.667. The van der Waals surface area contributed by atoms with E-state index in [1.165, 1.54) is 25.3 Å². The molecule has 1 fully saturated rings. The number of rotatable bonds is 6. The largest absolute Gasteiger partial charge is 0.490 e. The van der Waals surface area contributed by atoms with Gasteiger partial charge < -0.3 is 10.5 Å². The van der Waals surface area contributed by atoms with Crippen LogP contribution in [-0.2, 0) is 6.42 Å². The quantitative estimate of drug-likeness (QED) is 0.841.